The number of fused-ring (bicyclic) bond motifs is 1. The lowest BCUT2D eigenvalue weighted by Gasteiger charge is -2.44. The predicted octanol–water partition coefficient (Wildman–Crippen LogP) is 2.94. The third-order valence-corrected chi connectivity index (χ3v) is 4.32. The second kappa shape index (κ2) is 4.71. The normalized spacial score (nSPS) is 23.3. The maximum Gasteiger partial charge on any atom is 0.232 e. The van der Waals surface area contributed by atoms with Crippen LogP contribution in [0.15, 0.2) is 54.6 Å². The Labute approximate surface area is 124 Å². The molecule has 3 nitrogen and oxygen atoms in total. The molecule has 2 aromatic rings. The number of hydrogen-bond acceptors (Lipinski definition) is 2. The van der Waals surface area contributed by atoms with Gasteiger partial charge in [0.05, 0.1) is 5.41 Å². The topological polar surface area (TPSA) is 38.3 Å². The molecule has 1 unspecified atom stereocenters. The fourth-order valence-electron chi connectivity index (χ4n) is 3.02. The van der Waals surface area contributed by atoms with Crippen LogP contribution in [0.1, 0.15) is 30.5 Å². The maximum absolute atomic E-state index is 12.6. The Morgan fingerprint density at radius 1 is 0.905 bits per heavy atom. The molecule has 21 heavy (non-hydrogen) atoms. The van der Waals surface area contributed by atoms with Crippen molar-refractivity contribution in [3.8, 4) is 0 Å². The molecule has 0 aromatic heterocycles. The monoisotopic (exact) mass is 281 g/mol. The molecule has 2 aromatic carbocycles. The fourth-order valence-corrected chi connectivity index (χ4v) is 3.02. The molecule has 1 heterocycles. The number of carbonyl (C=O) groups is 1. The molecular formula is C18H19NO2. The zero-order valence-corrected chi connectivity index (χ0v) is 12.5. The Balaban J connectivity index is 2.31. The smallest absolute Gasteiger partial charge is 0.232 e. The van der Waals surface area contributed by atoms with Gasteiger partial charge in [-0.3, -0.25) is 4.79 Å². The van der Waals surface area contributed by atoms with Gasteiger partial charge in [0.15, 0.2) is 5.72 Å². The van der Waals surface area contributed by atoms with E-state index < -0.39 is 11.1 Å². The first-order chi connectivity index (χ1) is 10.0. The molecule has 108 valence electrons. The Morgan fingerprint density at radius 3 is 2.10 bits per heavy atom. The van der Waals surface area contributed by atoms with Crippen molar-refractivity contribution in [1.29, 1.82) is 0 Å². The summed E-state index contributed by atoms with van der Waals surface area (Å²) in [4.78, 5) is 12.6. The summed E-state index contributed by atoms with van der Waals surface area (Å²) in [6.45, 7) is 3.87. The molecule has 0 saturated carbocycles. The average molecular weight is 281 g/mol. The van der Waals surface area contributed by atoms with Crippen molar-refractivity contribution in [2.24, 2.45) is 0 Å². The van der Waals surface area contributed by atoms with Crippen molar-refractivity contribution in [2.75, 3.05) is 7.11 Å². The zero-order chi connectivity index (χ0) is 15.1. The first-order valence-corrected chi connectivity index (χ1v) is 7.05. The minimum Gasteiger partial charge on any atom is -0.351 e. The van der Waals surface area contributed by atoms with Gasteiger partial charge in [-0.2, -0.15) is 0 Å². The quantitative estimate of drug-likeness (QED) is 0.919. The van der Waals surface area contributed by atoms with Gasteiger partial charge < -0.3 is 10.1 Å². The largest absolute Gasteiger partial charge is 0.351 e. The standard InChI is InChI=1S/C18H19NO2/c1-17(2)14-11-7-8-12-15(14)18(21-3,19-16(17)20)13-9-5-4-6-10-13/h4-12H,1-3H3,(H,19,20). The number of hydrogen-bond donors (Lipinski definition) is 1. The molecule has 1 amide bonds. The zero-order valence-electron chi connectivity index (χ0n) is 12.5. The van der Waals surface area contributed by atoms with Crippen molar-refractivity contribution < 1.29 is 9.53 Å². The van der Waals surface area contributed by atoms with Crippen LogP contribution in [0, 0.1) is 0 Å². The van der Waals surface area contributed by atoms with Gasteiger partial charge in [0.2, 0.25) is 5.91 Å². The van der Waals surface area contributed by atoms with Gasteiger partial charge in [0, 0.05) is 18.2 Å². The molecule has 0 radical (unpaired) electrons. The molecule has 0 aliphatic carbocycles. The van der Waals surface area contributed by atoms with E-state index >= 15 is 0 Å². The van der Waals surface area contributed by atoms with Crippen LogP contribution in [0.4, 0.5) is 0 Å². The minimum atomic E-state index is -0.926. The van der Waals surface area contributed by atoms with E-state index in [1.165, 1.54) is 0 Å². The third kappa shape index (κ3) is 1.88. The summed E-state index contributed by atoms with van der Waals surface area (Å²) in [5.74, 6) is -0.0353. The molecule has 1 aliphatic heterocycles. The van der Waals surface area contributed by atoms with Gasteiger partial charge in [-0.15, -0.1) is 0 Å². The summed E-state index contributed by atoms with van der Waals surface area (Å²) in [6.07, 6.45) is 0. The number of amides is 1. The van der Waals surface area contributed by atoms with Crippen LogP contribution in [0.2, 0.25) is 0 Å². The molecular weight excluding hydrogens is 262 g/mol. The molecule has 3 rings (SSSR count). The molecule has 0 saturated heterocycles. The average Bonchev–Trinajstić information content (AvgIpc) is 2.52. The molecule has 1 aliphatic rings. The van der Waals surface area contributed by atoms with Gasteiger partial charge in [-0.25, -0.2) is 0 Å². The van der Waals surface area contributed by atoms with Crippen LogP contribution in [-0.2, 0) is 20.7 Å². The summed E-state index contributed by atoms with van der Waals surface area (Å²) < 4.78 is 5.82. The second-order valence-electron chi connectivity index (χ2n) is 5.88. The predicted molar refractivity (Wildman–Crippen MR) is 81.8 cm³/mol. The SMILES string of the molecule is COC1(c2ccccc2)NC(=O)C(C)(C)c2ccccc21. The molecule has 0 fully saturated rings. The number of benzene rings is 2. The fraction of sp³-hybridized carbons (Fsp3) is 0.278. The van der Waals surface area contributed by atoms with E-state index in [2.05, 4.69) is 5.32 Å². The summed E-state index contributed by atoms with van der Waals surface area (Å²) >= 11 is 0. The van der Waals surface area contributed by atoms with Crippen LogP contribution in [-0.4, -0.2) is 13.0 Å². The highest BCUT2D eigenvalue weighted by Gasteiger charge is 2.48. The van der Waals surface area contributed by atoms with Gasteiger partial charge in [0.1, 0.15) is 0 Å². The van der Waals surface area contributed by atoms with E-state index in [1.54, 1.807) is 7.11 Å². The highest BCUT2D eigenvalue weighted by atomic mass is 16.5. The lowest BCUT2D eigenvalue weighted by molar-refractivity contribution is -0.136. The Kier molecular flexibility index (Phi) is 3.10. The molecule has 0 bridgehead atoms. The number of nitrogens with one attached hydrogen (secondary N) is 1. The van der Waals surface area contributed by atoms with Gasteiger partial charge in [-0.05, 0) is 19.4 Å². The lowest BCUT2D eigenvalue weighted by atomic mass is 9.73. The molecule has 1 N–H and O–H groups in total. The molecule has 1 atom stereocenters. The Morgan fingerprint density at radius 2 is 1.48 bits per heavy atom. The van der Waals surface area contributed by atoms with Crippen molar-refractivity contribution >= 4 is 5.91 Å². The number of carbonyl (C=O) groups excluding carboxylic acids is 1. The van der Waals surface area contributed by atoms with Crippen molar-refractivity contribution in [3.63, 3.8) is 0 Å². The van der Waals surface area contributed by atoms with Crippen LogP contribution < -0.4 is 5.32 Å². The second-order valence-corrected chi connectivity index (χ2v) is 5.88. The Hall–Kier alpha value is -2.13. The van der Waals surface area contributed by atoms with Gasteiger partial charge in [0.25, 0.3) is 0 Å². The van der Waals surface area contributed by atoms with Crippen LogP contribution in [0.25, 0.3) is 0 Å². The van der Waals surface area contributed by atoms with Crippen LogP contribution >= 0.6 is 0 Å². The van der Waals surface area contributed by atoms with Gasteiger partial charge >= 0.3 is 0 Å². The highest BCUT2D eigenvalue weighted by molar-refractivity contribution is 5.91. The number of ether oxygens (including phenoxy) is 1. The number of methoxy groups -OCH3 is 1. The minimum absolute atomic E-state index is 0.0353. The first-order valence-electron chi connectivity index (χ1n) is 7.05. The van der Waals surface area contributed by atoms with Gasteiger partial charge in [-0.1, -0.05) is 54.6 Å². The third-order valence-electron chi connectivity index (χ3n) is 4.32. The van der Waals surface area contributed by atoms with Crippen molar-refractivity contribution in [1.82, 2.24) is 5.32 Å². The summed E-state index contributed by atoms with van der Waals surface area (Å²) in [5.41, 5.74) is 1.41. The molecule has 0 spiro atoms. The maximum atomic E-state index is 12.6. The molecule has 3 heteroatoms. The van der Waals surface area contributed by atoms with E-state index in [0.29, 0.717) is 0 Å². The van der Waals surface area contributed by atoms with E-state index in [-0.39, 0.29) is 5.91 Å². The van der Waals surface area contributed by atoms with Crippen LogP contribution in [0.5, 0.6) is 0 Å². The Bertz CT molecular complexity index is 679. The van der Waals surface area contributed by atoms with Crippen LogP contribution in [0.3, 0.4) is 0 Å². The number of rotatable bonds is 2. The summed E-state index contributed by atoms with van der Waals surface area (Å²) in [5, 5.41) is 3.08. The van der Waals surface area contributed by atoms with E-state index in [9.17, 15) is 4.79 Å². The highest BCUT2D eigenvalue weighted by Crippen LogP contribution is 2.42. The van der Waals surface area contributed by atoms with E-state index in [4.69, 9.17) is 4.74 Å². The summed E-state index contributed by atoms with van der Waals surface area (Å²) in [6, 6.07) is 17.8. The first kappa shape index (κ1) is 13.8. The lowest BCUT2D eigenvalue weighted by Crippen LogP contribution is -2.58. The van der Waals surface area contributed by atoms with Crippen molar-refractivity contribution in [2.45, 2.75) is 25.0 Å². The van der Waals surface area contributed by atoms with E-state index in [0.717, 1.165) is 16.7 Å². The van der Waals surface area contributed by atoms with E-state index in [1.807, 2.05) is 68.4 Å². The summed E-state index contributed by atoms with van der Waals surface area (Å²) in [7, 11) is 1.63. The van der Waals surface area contributed by atoms with Crippen molar-refractivity contribution in [3.05, 3.63) is 71.3 Å².